The summed E-state index contributed by atoms with van der Waals surface area (Å²) in [4.78, 5) is 8.32. The minimum absolute atomic E-state index is 0.482. The molecule has 0 aliphatic carbocycles. The van der Waals surface area contributed by atoms with Crippen LogP contribution in [-0.4, -0.2) is 58.6 Å². The van der Waals surface area contributed by atoms with Crippen LogP contribution < -0.4 is 4.90 Å². The van der Waals surface area contributed by atoms with Gasteiger partial charge in [0, 0.05) is 55.6 Å². The standard InChI is InChI=1S/C21H22F3N5OS/c22-21(23,24)17-3-1-4-18(15-17)29-12-10-28(11-13-29)9-2-14-31-20-27-26-19(30-20)16-5-7-25-8-6-16/h1,3-8,15H,2,9-14H2. The van der Waals surface area contributed by atoms with Crippen LogP contribution in [0.3, 0.4) is 0 Å². The number of aromatic nitrogens is 3. The second-order valence-corrected chi connectivity index (χ2v) is 8.23. The Morgan fingerprint density at radius 1 is 1.00 bits per heavy atom. The van der Waals surface area contributed by atoms with E-state index in [1.165, 1.54) is 23.9 Å². The Balaban J connectivity index is 1.19. The van der Waals surface area contributed by atoms with E-state index in [0.29, 0.717) is 29.9 Å². The van der Waals surface area contributed by atoms with Crippen molar-refractivity contribution in [1.29, 1.82) is 0 Å². The van der Waals surface area contributed by atoms with Gasteiger partial charge in [-0.3, -0.25) is 9.88 Å². The third-order valence-electron chi connectivity index (χ3n) is 5.09. The van der Waals surface area contributed by atoms with E-state index in [1.807, 2.05) is 17.0 Å². The molecule has 0 N–H and O–H groups in total. The number of benzene rings is 1. The van der Waals surface area contributed by atoms with Crippen molar-refractivity contribution in [3.05, 3.63) is 54.4 Å². The molecule has 0 unspecified atom stereocenters. The summed E-state index contributed by atoms with van der Waals surface area (Å²) in [6.07, 6.45) is 0.00633. The average molecular weight is 450 g/mol. The van der Waals surface area contributed by atoms with Gasteiger partial charge in [-0.15, -0.1) is 10.2 Å². The lowest BCUT2D eigenvalue weighted by atomic mass is 10.1. The molecule has 4 rings (SSSR count). The predicted octanol–water partition coefficient (Wildman–Crippen LogP) is 4.45. The number of nitrogens with zero attached hydrogens (tertiary/aromatic N) is 5. The molecule has 1 aliphatic heterocycles. The third-order valence-corrected chi connectivity index (χ3v) is 5.99. The molecule has 3 heterocycles. The van der Waals surface area contributed by atoms with Crippen molar-refractivity contribution in [3.63, 3.8) is 0 Å². The Kier molecular flexibility index (Phi) is 6.77. The minimum Gasteiger partial charge on any atom is -0.411 e. The number of anilines is 1. The normalized spacial score (nSPS) is 15.4. The molecule has 1 aromatic carbocycles. The quantitative estimate of drug-likeness (QED) is 0.390. The predicted molar refractivity (Wildman–Crippen MR) is 113 cm³/mol. The number of hydrogen-bond donors (Lipinski definition) is 0. The van der Waals surface area contributed by atoms with Crippen molar-refractivity contribution in [2.75, 3.05) is 43.4 Å². The molecule has 31 heavy (non-hydrogen) atoms. The average Bonchev–Trinajstić information content (AvgIpc) is 3.26. The molecular weight excluding hydrogens is 427 g/mol. The van der Waals surface area contributed by atoms with Gasteiger partial charge < -0.3 is 9.32 Å². The lowest BCUT2D eigenvalue weighted by Gasteiger charge is -2.36. The van der Waals surface area contributed by atoms with Gasteiger partial charge in [0.25, 0.3) is 5.22 Å². The maximum absolute atomic E-state index is 12.9. The summed E-state index contributed by atoms with van der Waals surface area (Å²) in [7, 11) is 0. The highest BCUT2D eigenvalue weighted by Crippen LogP contribution is 2.32. The van der Waals surface area contributed by atoms with Crippen LogP contribution in [0.2, 0.25) is 0 Å². The first-order valence-electron chi connectivity index (χ1n) is 10.0. The second-order valence-electron chi connectivity index (χ2n) is 7.19. The van der Waals surface area contributed by atoms with Crippen molar-refractivity contribution in [2.45, 2.75) is 17.8 Å². The molecule has 164 valence electrons. The third kappa shape index (κ3) is 5.76. The van der Waals surface area contributed by atoms with Crippen LogP contribution in [0.1, 0.15) is 12.0 Å². The minimum atomic E-state index is -4.31. The summed E-state index contributed by atoms with van der Waals surface area (Å²) in [5.74, 6) is 1.34. The number of alkyl halides is 3. The molecule has 0 bridgehead atoms. The molecule has 0 saturated carbocycles. The van der Waals surface area contributed by atoms with Gasteiger partial charge in [0.2, 0.25) is 5.89 Å². The van der Waals surface area contributed by atoms with Crippen LogP contribution in [0.25, 0.3) is 11.5 Å². The summed E-state index contributed by atoms with van der Waals surface area (Å²) in [5.41, 5.74) is 0.872. The van der Waals surface area contributed by atoms with E-state index < -0.39 is 11.7 Å². The Morgan fingerprint density at radius 2 is 1.77 bits per heavy atom. The van der Waals surface area contributed by atoms with Crippen molar-refractivity contribution in [1.82, 2.24) is 20.1 Å². The fraction of sp³-hybridized carbons (Fsp3) is 0.381. The van der Waals surface area contributed by atoms with E-state index in [9.17, 15) is 13.2 Å². The van der Waals surface area contributed by atoms with Crippen LogP contribution in [0.4, 0.5) is 18.9 Å². The maximum atomic E-state index is 12.9. The number of piperazine rings is 1. The number of halogens is 3. The highest BCUT2D eigenvalue weighted by Gasteiger charge is 2.31. The summed E-state index contributed by atoms with van der Waals surface area (Å²) >= 11 is 1.53. The molecule has 0 atom stereocenters. The van der Waals surface area contributed by atoms with E-state index in [4.69, 9.17) is 4.42 Å². The molecule has 2 aromatic heterocycles. The van der Waals surface area contributed by atoms with E-state index in [0.717, 1.165) is 43.4 Å². The highest BCUT2D eigenvalue weighted by molar-refractivity contribution is 7.99. The van der Waals surface area contributed by atoms with Crippen molar-refractivity contribution in [2.24, 2.45) is 0 Å². The molecule has 1 saturated heterocycles. The smallest absolute Gasteiger partial charge is 0.411 e. The molecule has 0 spiro atoms. The summed E-state index contributed by atoms with van der Waals surface area (Å²) in [6.45, 7) is 4.01. The van der Waals surface area contributed by atoms with Gasteiger partial charge in [0.1, 0.15) is 0 Å². The fourth-order valence-electron chi connectivity index (χ4n) is 3.44. The maximum Gasteiger partial charge on any atom is 0.416 e. The largest absolute Gasteiger partial charge is 0.416 e. The van der Waals surface area contributed by atoms with Gasteiger partial charge in [-0.2, -0.15) is 13.2 Å². The number of pyridine rings is 1. The molecular formula is C21H22F3N5OS. The highest BCUT2D eigenvalue weighted by atomic mass is 32.2. The van der Waals surface area contributed by atoms with E-state index in [1.54, 1.807) is 18.5 Å². The first kappa shape index (κ1) is 21.6. The van der Waals surface area contributed by atoms with Crippen LogP contribution in [-0.2, 0) is 6.18 Å². The zero-order chi connectivity index (χ0) is 21.7. The zero-order valence-corrected chi connectivity index (χ0v) is 17.6. The SMILES string of the molecule is FC(F)(F)c1cccc(N2CCN(CCCSc3nnc(-c4ccncc4)o3)CC2)c1. The van der Waals surface area contributed by atoms with E-state index in [2.05, 4.69) is 20.1 Å². The molecule has 0 radical (unpaired) electrons. The zero-order valence-electron chi connectivity index (χ0n) is 16.8. The Hall–Kier alpha value is -2.59. The lowest BCUT2D eigenvalue weighted by Crippen LogP contribution is -2.46. The summed E-state index contributed by atoms with van der Waals surface area (Å²) < 4.78 is 44.5. The molecule has 6 nitrogen and oxygen atoms in total. The first-order chi connectivity index (χ1) is 15.0. The Labute approximate surface area is 182 Å². The molecule has 1 aliphatic rings. The molecule has 1 fully saturated rings. The molecule has 10 heteroatoms. The number of hydrogen-bond acceptors (Lipinski definition) is 7. The topological polar surface area (TPSA) is 58.3 Å². The van der Waals surface area contributed by atoms with Crippen LogP contribution in [0, 0.1) is 0 Å². The van der Waals surface area contributed by atoms with Gasteiger partial charge >= 0.3 is 6.18 Å². The van der Waals surface area contributed by atoms with Crippen LogP contribution in [0.15, 0.2) is 58.4 Å². The first-order valence-corrected chi connectivity index (χ1v) is 11.0. The molecule has 3 aromatic rings. The Morgan fingerprint density at radius 3 is 2.52 bits per heavy atom. The Bertz CT molecular complexity index is 974. The van der Waals surface area contributed by atoms with Crippen molar-refractivity contribution >= 4 is 17.4 Å². The number of thioether (sulfide) groups is 1. The van der Waals surface area contributed by atoms with Gasteiger partial charge in [-0.05, 0) is 43.3 Å². The van der Waals surface area contributed by atoms with E-state index in [-0.39, 0.29) is 0 Å². The van der Waals surface area contributed by atoms with Crippen molar-refractivity contribution < 1.29 is 17.6 Å². The van der Waals surface area contributed by atoms with Gasteiger partial charge in [0.15, 0.2) is 0 Å². The van der Waals surface area contributed by atoms with Crippen molar-refractivity contribution in [3.8, 4) is 11.5 Å². The second kappa shape index (κ2) is 9.69. The van der Waals surface area contributed by atoms with Crippen LogP contribution in [0.5, 0.6) is 0 Å². The molecule has 0 amide bonds. The monoisotopic (exact) mass is 449 g/mol. The van der Waals surface area contributed by atoms with Gasteiger partial charge in [0.05, 0.1) is 5.56 Å². The van der Waals surface area contributed by atoms with E-state index >= 15 is 0 Å². The summed E-state index contributed by atoms with van der Waals surface area (Å²) in [5, 5.41) is 8.67. The van der Waals surface area contributed by atoms with Crippen LogP contribution >= 0.6 is 11.8 Å². The fourth-order valence-corrected chi connectivity index (χ4v) is 4.12. The van der Waals surface area contributed by atoms with Gasteiger partial charge in [-0.1, -0.05) is 17.8 Å². The lowest BCUT2D eigenvalue weighted by molar-refractivity contribution is -0.137. The number of rotatable bonds is 7. The van der Waals surface area contributed by atoms with Gasteiger partial charge in [-0.25, -0.2) is 0 Å². The summed E-state index contributed by atoms with van der Waals surface area (Å²) in [6, 6.07) is 9.20.